The molecule has 0 atom stereocenters. The third-order valence-electron chi connectivity index (χ3n) is 1.56. The lowest BCUT2D eigenvalue weighted by Crippen LogP contribution is -2.05. The molecule has 0 amide bonds. The number of pyridine rings is 1. The Morgan fingerprint density at radius 3 is 2.69 bits per heavy atom. The maximum Gasteiger partial charge on any atom is 0.339 e. The fraction of sp³-hybridized carbons (Fsp3) is 0.250. The number of aromatic carboxylic acids is 1. The van der Waals surface area contributed by atoms with E-state index in [9.17, 15) is 4.79 Å². The van der Waals surface area contributed by atoms with Crippen LogP contribution in [0.4, 0.5) is 0 Å². The highest BCUT2D eigenvalue weighted by molar-refractivity contribution is 6.36. The van der Waals surface area contributed by atoms with Crippen molar-refractivity contribution in [3.8, 4) is 0 Å². The van der Waals surface area contributed by atoms with E-state index in [1.165, 1.54) is 6.07 Å². The zero-order chi connectivity index (χ0) is 10.0. The number of carboxylic acid groups (broad SMARTS) is 1. The van der Waals surface area contributed by atoms with E-state index in [1.54, 1.807) is 6.92 Å². The molecule has 0 bridgehead atoms. The number of nitrogens with zero attached hydrogens (tertiary/aromatic N) is 1. The van der Waals surface area contributed by atoms with Crippen LogP contribution in [0.1, 0.15) is 23.0 Å². The van der Waals surface area contributed by atoms with Crippen LogP contribution in [0, 0.1) is 0 Å². The summed E-state index contributed by atoms with van der Waals surface area (Å²) in [5.41, 5.74) is 0.443. The molecule has 1 heterocycles. The van der Waals surface area contributed by atoms with Gasteiger partial charge in [0.15, 0.2) is 0 Å². The maximum absolute atomic E-state index is 10.7. The van der Waals surface area contributed by atoms with E-state index >= 15 is 0 Å². The Bertz CT molecular complexity index is 352. The number of rotatable bonds is 2. The molecule has 0 spiro atoms. The van der Waals surface area contributed by atoms with Gasteiger partial charge in [0, 0.05) is 0 Å². The first-order valence-electron chi connectivity index (χ1n) is 3.64. The van der Waals surface area contributed by atoms with E-state index in [0.29, 0.717) is 12.1 Å². The number of hydrogen-bond donors (Lipinski definition) is 1. The van der Waals surface area contributed by atoms with Crippen LogP contribution in [-0.4, -0.2) is 16.1 Å². The van der Waals surface area contributed by atoms with Crippen LogP contribution in [0.25, 0.3) is 0 Å². The first-order chi connectivity index (χ1) is 6.06. The average Bonchev–Trinajstić information content (AvgIpc) is 2.01. The molecule has 0 fully saturated rings. The number of carbonyl (C=O) groups is 1. The summed E-state index contributed by atoms with van der Waals surface area (Å²) in [6.07, 6.45) is 0.488. The summed E-state index contributed by atoms with van der Waals surface area (Å²) in [7, 11) is 0. The number of hydrogen-bond acceptors (Lipinski definition) is 2. The van der Waals surface area contributed by atoms with Gasteiger partial charge in [0.05, 0.1) is 16.3 Å². The minimum Gasteiger partial charge on any atom is -0.478 e. The lowest BCUT2D eigenvalue weighted by Gasteiger charge is -2.04. The Balaban J connectivity index is 3.38. The van der Waals surface area contributed by atoms with Crippen molar-refractivity contribution in [2.24, 2.45) is 0 Å². The highest BCUT2D eigenvalue weighted by Gasteiger charge is 2.15. The van der Waals surface area contributed by atoms with Crippen molar-refractivity contribution < 1.29 is 9.90 Å². The Morgan fingerprint density at radius 1 is 1.62 bits per heavy atom. The summed E-state index contributed by atoms with van der Waals surface area (Å²) < 4.78 is 0. The van der Waals surface area contributed by atoms with Gasteiger partial charge in [-0.3, -0.25) is 0 Å². The number of halogens is 2. The van der Waals surface area contributed by atoms with Crippen LogP contribution in [0.2, 0.25) is 10.2 Å². The predicted molar refractivity (Wildman–Crippen MR) is 50.6 cm³/mol. The van der Waals surface area contributed by atoms with E-state index < -0.39 is 5.97 Å². The highest BCUT2D eigenvalue weighted by atomic mass is 35.5. The van der Waals surface area contributed by atoms with E-state index in [4.69, 9.17) is 28.3 Å². The van der Waals surface area contributed by atoms with Gasteiger partial charge in [0.2, 0.25) is 0 Å². The number of aryl methyl sites for hydroxylation is 1. The molecule has 0 unspecified atom stereocenters. The van der Waals surface area contributed by atoms with Crippen LogP contribution >= 0.6 is 23.2 Å². The van der Waals surface area contributed by atoms with Crippen molar-refractivity contribution in [1.82, 2.24) is 4.98 Å². The normalized spacial score (nSPS) is 10.1. The lowest BCUT2D eigenvalue weighted by atomic mass is 10.1. The Morgan fingerprint density at radius 2 is 2.23 bits per heavy atom. The SMILES string of the molecule is CCc1nc(Cl)cc(Cl)c1C(=O)O. The van der Waals surface area contributed by atoms with Gasteiger partial charge in [-0.25, -0.2) is 9.78 Å². The quantitative estimate of drug-likeness (QED) is 0.779. The number of carboxylic acids is 1. The molecule has 70 valence electrons. The van der Waals surface area contributed by atoms with Gasteiger partial charge in [-0.2, -0.15) is 0 Å². The van der Waals surface area contributed by atoms with Crippen LogP contribution in [0.5, 0.6) is 0 Å². The van der Waals surface area contributed by atoms with Crippen molar-refractivity contribution >= 4 is 29.2 Å². The van der Waals surface area contributed by atoms with Gasteiger partial charge in [-0.05, 0) is 12.5 Å². The van der Waals surface area contributed by atoms with Crippen LogP contribution in [0.3, 0.4) is 0 Å². The zero-order valence-corrected chi connectivity index (χ0v) is 8.35. The molecular weight excluding hydrogens is 213 g/mol. The Labute approximate surface area is 85.3 Å². The van der Waals surface area contributed by atoms with Gasteiger partial charge in [-0.1, -0.05) is 30.1 Å². The summed E-state index contributed by atoms with van der Waals surface area (Å²) in [5, 5.41) is 9.14. The molecule has 1 aromatic rings. The topological polar surface area (TPSA) is 50.2 Å². The maximum atomic E-state index is 10.7. The zero-order valence-electron chi connectivity index (χ0n) is 6.84. The second-order valence-corrected chi connectivity index (χ2v) is 3.20. The largest absolute Gasteiger partial charge is 0.478 e. The summed E-state index contributed by atoms with van der Waals surface area (Å²) in [6, 6.07) is 1.33. The molecule has 1 rings (SSSR count). The smallest absolute Gasteiger partial charge is 0.339 e. The predicted octanol–water partition coefficient (Wildman–Crippen LogP) is 2.65. The third-order valence-corrected chi connectivity index (χ3v) is 2.06. The van der Waals surface area contributed by atoms with E-state index in [0.717, 1.165) is 0 Å². The molecule has 0 aromatic carbocycles. The Kier molecular flexibility index (Phi) is 3.12. The summed E-state index contributed by atoms with van der Waals surface area (Å²) in [4.78, 5) is 14.6. The molecule has 3 nitrogen and oxygen atoms in total. The molecular formula is C8H7Cl2NO2. The Hall–Kier alpha value is -0.800. The van der Waals surface area contributed by atoms with Gasteiger partial charge < -0.3 is 5.11 Å². The van der Waals surface area contributed by atoms with Gasteiger partial charge >= 0.3 is 5.97 Å². The lowest BCUT2D eigenvalue weighted by molar-refractivity contribution is 0.0695. The van der Waals surface area contributed by atoms with Crippen LogP contribution < -0.4 is 0 Å². The van der Waals surface area contributed by atoms with Crippen molar-refractivity contribution in [1.29, 1.82) is 0 Å². The molecule has 1 N–H and O–H groups in total. The minimum atomic E-state index is -1.08. The van der Waals surface area contributed by atoms with Crippen molar-refractivity contribution in [3.05, 3.63) is 27.5 Å². The first kappa shape index (κ1) is 10.3. The standard InChI is InChI=1S/C8H7Cl2NO2/c1-2-5-7(8(12)13)4(9)3-6(10)11-5/h3H,2H2,1H3,(H,12,13). The van der Waals surface area contributed by atoms with Gasteiger partial charge in [0.1, 0.15) is 5.15 Å². The van der Waals surface area contributed by atoms with Crippen LogP contribution in [-0.2, 0) is 6.42 Å². The summed E-state index contributed by atoms with van der Waals surface area (Å²) in [6.45, 7) is 1.79. The van der Waals surface area contributed by atoms with Crippen molar-refractivity contribution in [3.63, 3.8) is 0 Å². The second kappa shape index (κ2) is 3.94. The van der Waals surface area contributed by atoms with E-state index in [-0.39, 0.29) is 15.7 Å². The molecule has 0 aliphatic rings. The highest BCUT2D eigenvalue weighted by Crippen LogP contribution is 2.22. The second-order valence-electron chi connectivity index (χ2n) is 2.41. The van der Waals surface area contributed by atoms with Gasteiger partial charge in [-0.15, -0.1) is 0 Å². The van der Waals surface area contributed by atoms with E-state index in [2.05, 4.69) is 4.98 Å². The molecule has 0 aliphatic carbocycles. The number of aromatic nitrogens is 1. The molecule has 5 heteroatoms. The summed E-state index contributed by atoms with van der Waals surface area (Å²) in [5.74, 6) is -1.08. The monoisotopic (exact) mass is 219 g/mol. The van der Waals surface area contributed by atoms with Crippen molar-refractivity contribution in [2.45, 2.75) is 13.3 Å². The van der Waals surface area contributed by atoms with Gasteiger partial charge in [0.25, 0.3) is 0 Å². The third kappa shape index (κ3) is 2.11. The summed E-state index contributed by atoms with van der Waals surface area (Å²) >= 11 is 11.3. The molecule has 0 saturated carbocycles. The van der Waals surface area contributed by atoms with Crippen molar-refractivity contribution in [2.75, 3.05) is 0 Å². The fourth-order valence-corrected chi connectivity index (χ4v) is 1.57. The fourth-order valence-electron chi connectivity index (χ4n) is 1.01. The van der Waals surface area contributed by atoms with Crippen LogP contribution in [0.15, 0.2) is 6.07 Å². The molecule has 0 saturated heterocycles. The molecule has 1 aromatic heterocycles. The molecule has 13 heavy (non-hydrogen) atoms. The molecule has 0 radical (unpaired) electrons. The minimum absolute atomic E-state index is 0.0357. The molecule has 0 aliphatic heterocycles. The average molecular weight is 220 g/mol. The first-order valence-corrected chi connectivity index (χ1v) is 4.40. The van der Waals surface area contributed by atoms with E-state index in [1.807, 2.05) is 0 Å².